The van der Waals surface area contributed by atoms with E-state index in [9.17, 15) is 14.7 Å². The number of thioether (sulfide) groups is 1. The number of aromatic amines is 1. The summed E-state index contributed by atoms with van der Waals surface area (Å²) in [4.78, 5) is 32.1. The van der Waals surface area contributed by atoms with Gasteiger partial charge in [-0.1, -0.05) is 90.6 Å². The zero-order chi connectivity index (χ0) is 22.3. The standard InChI is InChI=1S/C25H21N3O3S/c29-20(26-19-14-8-3-9-15-19)16-32-25-27-23(30)22(24(31)28-25)21(17-10-4-1-5-11-17)18-12-6-2-7-13-18/h1-15,21H,16H2,(H,26,29)(H2,27,28,30,31). The van der Waals surface area contributed by atoms with Crippen molar-refractivity contribution in [1.82, 2.24) is 9.97 Å². The zero-order valence-corrected chi connectivity index (χ0v) is 17.9. The molecule has 0 atom stereocenters. The van der Waals surface area contributed by atoms with E-state index in [-0.39, 0.29) is 28.3 Å². The number of hydrogen-bond acceptors (Lipinski definition) is 5. The lowest BCUT2D eigenvalue weighted by atomic mass is 9.86. The number of amides is 1. The molecule has 0 aliphatic rings. The van der Waals surface area contributed by atoms with Crippen LogP contribution in [0.1, 0.15) is 22.6 Å². The third-order valence-electron chi connectivity index (χ3n) is 4.87. The first kappa shape index (κ1) is 21.4. The Labute approximate surface area is 189 Å². The largest absolute Gasteiger partial charge is 0.493 e. The number of hydrogen-bond donors (Lipinski definition) is 3. The highest BCUT2D eigenvalue weighted by atomic mass is 32.2. The van der Waals surface area contributed by atoms with E-state index in [1.807, 2.05) is 78.9 Å². The highest BCUT2D eigenvalue weighted by Gasteiger charge is 2.25. The average Bonchev–Trinajstić information content (AvgIpc) is 2.82. The van der Waals surface area contributed by atoms with E-state index in [4.69, 9.17) is 0 Å². The van der Waals surface area contributed by atoms with E-state index in [1.54, 1.807) is 12.1 Å². The minimum absolute atomic E-state index is 0.0391. The molecule has 1 aromatic heterocycles. The molecule has 0 unspecified atom stereocenters. The molecule has 0 aliphatic heterocycles. The van der Waals surface area contributed by atoms with Gasteiger partial charge in [-0.2, -0.15) is 4.98 Å². The van der Waals surface area contributed by atoms with Gasteiger partial charge in [0.25, 0.3) is 5.56 Å². The summed E-state index contributed by atoms with van der Waals surface area (Å²) in [6.45, 7) is 0. The molecule has 1 amide bonds. The smallest absolute Gasteiger partial charge is 0.259 e. The minimum atomic E-state index is -0.478. The van der Waals surface area contributed by atoms with E-state index in [1.165, 1.54) is 0 Å². The molecule has 4 aromatic rings. The van der Waals surface area contributed by atoms with Crippen LogP contribution in [-0.2, 0) is 4.79 Å². The van der Waals surface area contributed by atoms with Gasteiger partial charge in [0.2, 0.25) is 11.8 Å². The number of H-pyrrole nitrogens is 1. The second-order valence-electron chi connectivity index (χ2n) is 7.07. The predicted octanol–water partition coefficient (Wildman–Crippen LogP) is 4.39. The molecule has 1 heterocycles. The molecule has 0 bridgehead atoms. The van der Waals surface area contributed by atoms with Gasteiger partial charge in [-0.05, 0) is 23.3 Å². The molecule has 4 rings (SSSR count). The van der Waals surface area contributed by atoms with Gasteiger partial charge in [-0.3, -0.25) is 9.59 Å². The third kappa shape index (κ3) is 5.07. The van der Waals surface area contributed by atoms with Crippen LogP contribution >= 0.6 is 11.8 Å². The molecule has 6 nitrogen and oxygen atoms in total. The number of aromatic nitrogens is 2. The van der Waals surface area contributed by atoms with Crippen molar-refractivity contribution >= 4 is 23.4 Å². The second kappa shape index (κ2) is 9.98. The van der Waals surface area contributed by atoms with Crippen molar-refractivity contribution in [2.24, 2.45) is 0 Å². The first-order valence-corrected chi connectivity index (χ1v) is 11.0. The Balaban J connectivity index is 1.58. The van der Waals surface area contributed by atoms with Crippen LogP contribution in [0.15, 0.2) is 101 Å². The maximum atomic E-state index is 13.0. The van der Waals surface area contributed by atoms with Crippen molar-refractivity contribution in [3.63, 3.8) is 0 Å². The summed E-state index contributed by atoms with van der Waals surface area (Å²) in [7, 11) is 0. The molecule has 0 spiro atoms. The Kier molecular flexibility index (Phi) is 6.67. The van der Waals surface area contributed by atoms with Gasteiger partial charge in [0.1, 0.15) is 0 Å². The van der Waals surface area contributed by atoms with Crippen LogP contribution in [0.3, 0.4) is 0 Å². The quantitative estimate of drug-likeness (QED) is 0.291. The molecule has 3 aromatic carbocycles. The first-order valence-electron chi connectivity index (χ1n) is 10.0. The van der Waals surface area contributed by atoms with Crippen LogP contribution in [-0.4, -0.2) is 26.7 Å². The fraction of sp³-hybridized carbons (Fsp3) is 0.0800. The summed E-state index contributed by atoms with van der Waals surface area (Å²) in [5.41, 5.74) is 2.14. The van der Waals surface area contributed by atoms with Gasteiger partial charge < -0.3 is 15.4 Å². The highest BCUT2D eigenvalue weighted by Crippen LogP contribution is 2.34. The Bertz CT molecular complexity index is 1210. The van der Waals surface area contributed by atoms with E-state index in [0.29, 0.717) is 5.69 Å². The first-order chi connectivity index (χ1) is 15.6. The van der Waals surface area contributed by atoms with Crippen molar-refractivity contribution in [1.29, 1.82) is 0 Å². The number of aromatic hydroxyl groups is 1. The van der Waals surface area contributed by atoms with Crippen molar-refractivity contribution in [2.45, 2.75) is 11.1 Å². The summed E-state index contributed by atoms with van der Waals surface area (Å²) in [5.74, 6) is -1.03. The predicted molar refractivity (Wildman–Crippen MR) is 126 cm³/mol. The fourth-order valence-electron chi connectivity index (χ4n) is 3.45. The lowest BCUT2D eigenvalue weighted by Crippen LogP contribution is -2.21. The van der Waals surface area contributed by atoms with Crippen LogP contribution in [0.25, 0.3) is 0 Å². The van der Waals surface area contributed by atoms with Crippen molar-refractivity contribution in [3.8, 4) is 5.88 Å². The molecule has 0 fully saturated rings. The summed E-state index contributed by atoms with van der Waals surface area (Å²) in [6.07, 6.45) is 0. The van der Waals surface area contributed by atoms with E-state index in [0.717, 1.165) is 22.9 Å². The van der Waals surface area contributed by atoms with Crippen LogP contribution in [0.4, 0.5) is 5.69 Å². The maximum absolute atomic E-state index is 13.0. The van der Waals surface area contributed by atoms with Gasteiger partial charge in [0.05, 0.1) is 11.3 Å². The maximum Gasteiger partial charge on any atom is 0.259 e. The van der Waals surface area contributed by atoms with Crippen LogP contribution in [0.2, 0.25) is 0 Å². The number of para-hydroxylation sites is 1. The average molecular weight is 444 g/mol. The summed E-state index contributed by atoms with van der Waals surface area (Å²) < 4.78 is 0. The summed E-state index contributed by atoms with van der Waals surface area (Å²) in [6, 6.07) is 28.1. The highest BCUT2D eigenvalue weighted by molar-refractivity contribution is 7.99. The second-order valence-corrected chi connectivity index (χ2v) is 8.03. The Morgan fingerprint density at radius 3 is 1.97 bits per heavy atom. The minimum Gasteiger partial charge on any atom is -0.493 e. The van der Waals surface area contributed by atoms with E-state index in [2.05, 4.69) is 15.3 Å². The van der Waals surface area contributed by atoms with Gasteiger partial charge in [-0.25, -0.2) is 0 Å². The summed E-state index contributed by atoms with van der Waals surface area (Å²) in [5, 5.41) is 13.7. The third-order valence-corrected chi connectivity index (χ3v) is 5.74. The van der Waals surface area contributed by atoms with Crippen molar-refractivity contribution < 1.29 is 9.90 Å². The lowest BCUT2D eigenvalue weighted by Gasteiger charge is -2.18. The molecule has 0 aliphatic carbocycles. The molecular weight excluding hydrogens is 422 g/mol. The molecule has 0 radical (unpaired) electrons. The van der Waals surface area contributed by atoms with Gasteiger partial charge in [-0.15, -0.1) is 0 Å². The number of carbonyl (C=O) groups excluding carboxylic acids is 1. The van der Waals surface area contributed by atoms with Gasteiger partial charge in [0, 0.05) is 11.6 Å². The van der Waals surface area contributed by atoms with E-state index < -0.39 is 11.5 Å². The van der Waals surface area contributed by atoms with Crippen molar-refractivity contribution in [3.05, 3.63) is 118 Å². The molecule has 32 heavy (non-hydrogen) atoms. The number of carbonyl (C=O) groups is 1. The molecule has 0 saturated carbocycles. The number of anilines is 1. The summed E-state index contributed by atoms with van der Waals surface area (Å²) >= 11 is 1.05. The van der Waals surface area contributed by atoms with Crippen LogP contribution in [0.5, 0.6) is 5.88 Å². The van der Waals surface area contributed by atoms with E-state index >= 15 is 0 Å². The SMILES string of the molecule is O=C(CSc1nc(O)c(C(c2ccccc2)c2ccccc2)c(=O)[nH]1)Nc1ccccc1. The molecule has 0 saturated heterocycles. The Morgan fingerprint density at radius 2 is 1.44 bits per heavy atom. The Morgan fingerprint density at radius 1 is 0.906 bits per heavy atom. The number of nitrogens with one attached hydrogen (secondary N) is 2. The zero-order valence-electron chi connectivity index (χ0n) is 17.1. The van der Waals surface area contributed by atoms with Crippen molar-refractivity contribution in [2.75, 3.05) is 11.1 Å². The Hall–Kier alpha value is -3.84. The molecule has 160 valence electrons. The number of rotatable bonds is 7. The molecular formula is C25H21N3O3S. The van der Waals surface area contributed by atoms with Crippen LogP contribution in [0, 0.1) is 0 Å². The fourth-order valence-corrected chi connectivity index (χ4v) is 4.10. The topological polar surface area (TPSA) is 95.1 Å². The number of benzene rings is 3. The lowest BCUT2D eigenvalue weighted by molar-refractivity contribution is -0.113. The number of nitrogens with zero attached hydrogens (tertiary/aromatic N) is 1. The monoisotopic (exact) mass is 443 g/mol. The normalized spacial score (nSPS) is 10.8. The van der Waals surface area contributed by atoms with Gasteiger partial charge >= 0.3 is 0 Å². The van der Waals surface area contributed by atoms with Crippen LogP contribution < -0.4 is 10.9 Å². The van der Waals surface area contributed by atoms with Gasteiger partial charge in [0.15, 0.2) is 5.16 Å². The molecule has 7 heteroatoms. The molecule has 3 N–H and O–H groups in total.